The lowest BCUT2D eigenvalue weighted by molar-refractivity contribution is -0.117. The normalized spacial score (nSPS) is 28.7. The van der Waals surface area contributed by atoms with Crippen LogP contribution < -0.4 is 4.90 Å². The maximum atomic E-state index is 12.1. The fourth-order valence-corrected chi connectivity index (χ4v) is 5.39. The van der Waals surface area contributed by atoms with E-state index < -0.39 is 9.84 Å². The smallest absolute Gasteiger partial charge is 0.227 e. The summed E-state index contributed by atoms with van der Waals surface area (Å²) in [7, 11) is -3.01. The largest absolute Gasteiger partial charge is 0.308 e. The molecule has 19 heavy (non-hydrogen) atoms. The average molecular weight is 300 g/mol. The standard InChI is InChI=1S/C13H14ClNO3S/c1-8-4-10(14)2-3-11(8)15-12-7-19(17,18)6-9(12)5-13(15)16/h2-4,9,12H,5-7H2,1H3/t9-,12+/m0/s1. The van der Waals surface area contributed by atoms with Gasteiger partial charge >= 0.3 is 0 Å². The van der Waals surface area contributed by atoms with E-state index in [0.717, 1.165) is 11.3 Å². The minimum atomic E-state index is -3.01. The molecule has 2 heterocycles. The molecule has 1 aromatic rings. The lowest BCUT2D eigenvalue weighted by Gasteiger charge is -2.25. The number of aryl methyl sites for hydroxylation is 1. The van der Waals surface area contributed by atoms with E-state index in [1.54, 1.807) is 23.1 Å². The number of amides is 1. The molecular weight excluding hydrogens is 286 g/mol. The third kappa shape index (κ3) is 2.15. The zero-order valence-electron chi connectivity index (χ0n) is 10.5. The fraction of sp³-hybridized carbons (Fsp3) is 0.462. The second-order valence-electron chi connectivity index (χ2n) is 5.30. The van der Waals surface area contributed by atoms with Crippen molar-refractivity contribution >= 4 is 33.0 Å². The van der Waals surface area contributed by atoms with Gasteiger partial charge in [-0.05, 0) is 30.7 Å². The predicted molar refractivity (Wildman–Crippen MR) is 74.2 cm³/mol. The van der Waals surface area contributed by atoms with Gasteiger partial charge in [0, 0.05) is 23.0 Å². The number of benzene rings is 1. The molecule has 0 radical (unpaired) electrons. The second-order valence-corrected chi connectivity index (χ2v) is 7.89. The number of sulfone groups is 1. The first kappa shape index (κ1) is 12.9. The van der Waals surface area contributed by atoms with Crippen LogP contribution in [-0.2, 0) is 14.6 Å². The Bertz CT molecular complexity index is 656. The molecule has 0 aromatic heterocycles. The van der Waals surface area contributed by atoms with Crippen LogP contribution in [0.5, 0.6) is 0 Å². The molecule has 6 heteroatoms. The highest BCUT2D eigenvalue weighted by Gasteiger charge is 2.49. The summed E-state index contributed by atoms with van der Waals surface area (Å²) < 4.78 is 23.4. The molecule has 2 saturated heterocycles. The van der Waals surface area contributed by atoms with Gasteiger partial charge in [0.2, 0.25) is 5.91 Å². The second kappa shape index (κ2) is 4.21. The molecule has 2 aliphatic heterocycles. The Morgan fingerprint density at radius 1 is 1.32 bits per heavy atom. The Kier molecular flexibility index (Phi) is 2.87. The minimum Gasteiger partial charge on any atom is -0.308 e. The van der Waals surface area contributed by atoms with E-state index in [1.807, 2.05) is 6.92 Å². The SMILES string of the molecule is Cc1cc(Cl)ccc1N1C(=O)C[C@H]2CS(=O)(=O)C[C@H]21. The number of rotatable bonds is 1. The summed E-state index contributed by atoms with van der Waals surface area (Å²) in [5.74, 6) is 0.153. The van der Waals surface area contributed by atoms with Crippen molar-refractivity contribution in [3.8, 4) is 0 Å². The molecule has 0 unspecified atom stereocenters. The van der Waals surface area contributed by atoms with Crippen LogP contribution in [-0.4, -0.2) is 31.9 Å². The van der Waals surface area contributed by atoms with Gasteiger partial charge in [-0.25, -0.2) is 8.42 Å². The third-order valence-corrected chi connectivity index (χ3v) is 5.91. The van der Waals surface area contributed by atoms with Gasteiger partial charge in [0.15, 0.2) is 9.84 Å². The molecule has 3 rings (SSSR count). The highest BCUT2D eigenvalue weighted by Crippen LogP contribution is 2.38. The number of nitrogens with zero attached hydrogens (tertiary/aromatic N) is 1. The average Bonchev–Trinajstić information content (AvgIpc) is 2.70. The quantitative estimate of drug-likeness (QED) is 0.794. The number of halogens is 1. The lowest BCUT2D eigenvalue weighted by Crippen LogP contribution is -2.36. The monoisotopic (exact) mass is 299 g/mol. The summed E-state index contributed by atoms with van der Waals surface area (Å²) in [6.45, 7) is 1.88. The van der Waals surface area contributed by atoms with Crippen molar-refractivity contribution < 1.29 is 13.2 Å². The fourth-order valence-electron chi connectivity index (χ4n) is 3.09. The summed E-state index contributed by atoms with van der Waals surface area (Å²) >= 11 is 5.92. The van der Waals surface area contributed by atoms with Crippen LogP contribution in [0.25, 0.3) is 0 Å². The molecule has 2 atom stereocenters. The van der Waals surface area contributed by atoms with E-state index in [2.05, 4.69) is 0 Å². The molecule has 1 amide bonds. The van der Waals surface area contributed by atoms with Gasteiger partial charge in [0.25, 0.3) is 0 Å². The van der Waals surface area contributed by atoms with Crippen molar-refractivity contribution in [3.63, 3.8) is 0 Å². The third-order valence-electron chi connectivity index (χ3n) is 3.89. The maximum Gasteiger partial charge on any atom is 0.227 e. The van der Waals surface area contributed by atoms with Crippen molar-refractivity contribution in [1.82, 2.24) is 0 Å². The van der Waals surface area contributed by atoms with Gasteiger partial charge in [-0.1, -0.05) is 11.6 Å². The summed E-state index contributed by atoms with van der Waals surface area (Å²) in [5, 5.41) is 0.614. The van der Waals surface area contributed by atoms with Crippen molar-refractivity contribution in [2.24, 2.45) is 5.92 Å². The Morgan fingerprint density at radius 2 is 2.05 bits per heavy atom. The number of hydrogen-bond acceptors (Lipinski definition) is 3. The van der Waals surface area contributed by atoms with Crippen LogP contribution in [0.1, 0.15) is 12.0 Å². The topological polar surface area (TPSA) is 54.5 Å². The van der Waals surface area contributed by atoms with Crippen LogP contribution in [0.2, 0.25) is 5.02 Å². The van der Waals surface area contributed by atoms with Gasteiger partial charge in [0.1, 0.15) is 0 Å². The Morgan fingerprint density at radius 3 is 2.74 bits per heavy atom. The molecule has 1 aromatic carbocycles. The van der Waals surface area contributed by atoms with Gasteiger partial charge in [-0.3, -0.25) is 4.79 Å². The number of anilines is 1. The predicted octanol–water partition coefficient (Wildman–Crippen LogP) is 1.80. The first-order valence-corrected chi connectivity index (χ1v) is 8.36. The van der Waals surface area contributed by atoms with Crippen molar-refractivity contribution in [3.05, 3.63) is 28.8 Å². The summed E-state index contributed by atoms with van der Waals surface area (Å²) in [6.07, 6.45) is 0.325. The maximum absolute atomic E-state index is 12.1. The van der Waals surface area contributed by atoms with Crippen molar-refractivity contribution in [1.29, 1.82) is 0 Å². The van der Waals surface area contributed by atoms with Crippen LogP contribution in [0.4, 0.5) is 5.69 Å². The number of carbonyl (C=O) groups is 1. The minimum absolute atomic E-state index is 0.00956. The van der Waals surface area contributed by atoms with E-state index >= 15 is 0 Å². The van der Waals surface area contributed by atoms with E-state index in [4.69, 9.17) is 11.6 Å². The van der Waals surface area contributed by atoms with E-state index in [9.17, 15) is 13.2 Å². The number of carbonyl (C=O) groups excluding carboxylic acids is 1. The molecule has 2 fully saturated rings. The molecule has 0 N–H and O–H groups in total. The molecule has 0 aliphatic carbocycles. The van der Waals surface area contributed by atoms with E-state index in [-0.39, 0.29) is 29.4 Å². The van der Waals surface area contributed by atoms with Crippen LogP contribution >= 0.6 is 11.6 Å². The molecule has 0 spiro atoms. The van der Waals surface area contributed by atoms with E-state index in [1.165, 1.54) is 0 Å². The molecule has 0 bridgehead atoms. The Balaban J connectivity index is 2.02. The van der Waals surface area contributed by atoms with Gasteiger partial charge in [-0.15, -0.1) is 0 Å². The van der Waals surface area contributed by atoms with Crippen molar-refractivity contribution in [2.45, 2.75) is 19.4 Å². The highest BCUT2D eigenvalue weighted by molar-refractivity contribution is 7.91. The highest BCUT2D eigenvalue weighted by atomic mass is 35.5. The number of hydrogen-bond donors (Lipinski definition) is 0. The first-order valence-electron chi connectivity index (χ1n) is 6.16. The molecular formula is C13H14ClNO3S. The van der Waals surface area contributed by atoms with Gasteiger partial charge in [-0.2, -0.15) is 0 Å². The summed E-state index contributed by atoms with van der Waals surface area (Å²) in [6, 6.07) is 5.11. The lowest BCUT2D eigenvalue weighted by atomic mass is 10.0. The van der Waals surface area contributed by atoms with Gasteiger partial charge < -0.3 is 4.90 Å². The first-order chi connectivity index (χ1) is 8.87. The molecule has 102 valence electrons. The van der Waals surface area contributed by atoms with Crippen LogP contribution in [0.15, 0.2) is 18.2 Å². The molecule has 2 aliphatic rings. The summed E-state index contributed by atoms with van der Waals surface area (Å²) in [4.78, 5) is 13.8. The molecule has 4 nitrogen and oxygen atoms in total. The Hall–Kier alpha value is -1.07. The van der Waals surface area contributed by atoms with Crippen LogP contribution in [0, 0.1) is 12.8 Å². The zero-order valence-corrected chi connectivity index (χ0v) is 12.0. The Labute approximate surface area is 117 Å². The summed E-state index contributed by atoms with van der Waals surface area (Å²) in [5.41, 5.74) is 1.67. The van der Waals surface area contributed by atoms with Crippen LogP contribution in [0.3, 0.4) is 0 Å². The van der Waals surface area contributed by atoms with E-state index in [0.29, 0.717) is 11.4 Å². The molecule has 0 saturated carbocycles. The van der Waals surface area contributed by atoms with Gasteiger partial charge in [0.05, 0.1) is 17.5 Å². The van der Waals surface area contributed by atoms with Crippen molar-refractivity contribution in [2.75, 3.05) is 16.4 Å². The zero-order chi connectivity index (χ0) is 13.8. The number of fused-ring (bicyclic) bond motifs is 1.